The van der Waals surface area contributed by atoms with Gasteiger partial charge in [0.2, 0.25) is 5.91 Å². The van der Waals surface area contributed by atoms with E-state index in [1.54, 1.807) is 7.05 Å². The molecule has 3 N–H and O–H groups in total. The lowest BCUT2D eigenvalue weighted by molar-refractivity contribution is -0.122. The third-order valence-corrected chi connectivity index (χ3v) is 5.82. The first-order valence-electron chi connectivity index (χ1n) is 9.83. The minimum absolute atomic E-state index is 0. The number of halogens is 2. The average molecular weight is 520 g/mol. The van der Waals surface area contributed by atoms with Crippen molar-refractivity contribution in [1.29, 1.82) is 0 Å². The van der Waals surface area contributed by atoms with Crippen LogP contribution in [0.3, 0.4) is 0 Å². The third kappa shape index (κ3) is 7.08. The minimum atomic E-state index is 0. The molecule has 0 bridgehead atoms. The fourth-order valence-electron chi connectivity index (χ4n) is 3.70. The van der Waals surface area contributed by atoms with Gasteiger partial charge in [-0.15, -0.1) is 24.0 Å². The summed E-state index contributed by atoms with van der Waals surface area (Å²) in [6.07, 6.45) is 3.79. The molecule has 0 aromatic heterocycles. The number of hydrogen-bond donors (Lipinski definition) is 3. The molecule has 6 nitrogen and oxygen atoms in total. The van der Waals surface area contributed by atoms with Crippen LogP contribution in [0.2, 0.25) is 5.02 Å². The van der Waals surface area contributed by atoms with E-state index in [0.717, 1.165) is 43.6 Å². The summed E-state index contributed by atoms with van der Waals surface area (Å²) in [6.45, 7) is 4.71. The summed E-state index contributed by atoms with van der Waals surface area (Å²) in [5.74, 6) is 1.62. The number of carbonyl (C=O) groups is 1. The van der Waals surface area contributed by atoms with Crippen LogP contribution >= 0.6 is 35.6 Å². The molecule has 3 rings (SSSR count). The van der Waals surface area contributed by atoms with Crippen molar-refractivity contribution < 1.29 is 4.79 Å². The maximum Gasteiger partial charge on any atom is 0.220 e. The highest BCUT2D eigenvalue weighted by molar-refractivity contribution is 14.0. The summed E-state index contributed by atoms with van der Waals surface area (Å²) < 4.78 is 0. The molecule has 1 atom stereocenters. The average Bonchev–Trinajstić information content (AvgIpc) is 2.69. The zero-order valence-corrected chi connectivity index (χ0v) is 19.5. The quantitative estimate of drug-likeness (QED) is 0.318. The van der Waals surface area contributed by atoms with Crippen LogP contribution in [-0.4, -0.2) is 56.0 Å². The van der Waals surface area contributed by atoms with Gasteiger partial charge in [-0.3, -0.25) is 14.7 Å². The predicted octanol–water partition coefficient (Wildman–Crippen LogP) is 2.61. The molecule has 0 spiro atoms. The van der Waals surface area contributed by atoms with Crippen molar-refractivity contribution in [2.75, 3.05) is 33.2 Å². The van der Waals surface area contributed by atoms with E-state index in [-0.39, 0.29) is 35.9 Å². The van der Waals surface area contributed by atoms with Gasteiger partial charge in [-0.2, -0.15) is 0 Å². The van der Waals surface area contributed by atoms with Crippen LogP contribution in [0.5, 0.6) is 0 Å². The van der Waals surface area contributed by atoms with E-state index in [4.69, 9.17) is 11.6 Å². The Morgan fingerprint density at radius 1 is 1.29 bits per heavy atom. The Hall–Kier alpha value is -1.06. The normalized spacial score (nSPS) is 21.6. The van der Waals surface area contributed by atoms with Gasteiger partial charge in [0.25, 0.3) is 0 Å². The topological polar surface area (TPSA) is 68.8 Å². The van der Waals surface area contributed by atoms with Crippen molar-refractivity contribution >= 4 is 47.4 Å². The number of guanidine groups is 1. The molecule has 1 aromatic rings. The fraction of sp³-hybridized carbons (Fsp3) is 0.600. The zero-order chi connectivity index (χ0) is 19.1. The Morgan fingerprint density at radius 2 is 2.04 bits per heavy atom. The van der Waals surface area contributed by atoms with Crippen LogP contribution in [-0.2, 0) is 11.3 Å². The van der Waals surface area contributed by atoms with Gasteiger partial charge in [-0.1, -0.05) is 29.8 Å². The molecular formula is C20H31ClIN5O. The highest BCUT2D eigenvalue weighted by Crippen LogP contribution is 2.21. The van der Waals surface area contributed by atoms with E-state index >= 15 is 0 Å². The molecule has 2 fully saturated rings. The molecule has 156 valence electrons. The summed E-state index contributed by atoms with van der Waals surface area (Å²) in [7, 11) is 1.79. The number of amides is 1. The number of likely N-dealkylation sites (tertiary alicyclic amines) is 1. The highest BCUT2D eigenvalue weighted by atomic mass is 127. The van der Waals surface area contributed by atoms with Gasteiger partial charge < -0.3 is 16.0 Å². The van der Waals surface area contributed by atoms with Crippen molar-refractivity contribution in [2.45, 2.75) is 38.3 Å². The van der Waals surface area contributed by atoms with Crippen LogP contribution in [0.25, 0.3) is 0 Å². The van der Waals surface area contributed by atoms with Gasteiger partial charge in [0.05, 0.1) is 0 Å². The van der Waals surface area contributed by atoms with E-state index in [9.17, 15) is 4.79 Å². The summed E-state index contributed by atoms with van der Waals surface area (Å²) >= 11 is 6.28. The van der Waals surface area contributed by atoms with Crippen molar-refractivity contribution in [1.82, 2.24) is 20.9 Å². The number of benzene rings is 1. The Bertz CT molecular complexity index is 654. The number of rotatable bonds is 5. The molecule has 1 aromatic carbocycles. The molecule has 0 saturated carbocycles. The monoisotopic (exact) mass is 519 g/mol. The van der Waals surface area contributed by atoms with Gasteiger partial charge >= 0.3 is 0 Å². The highest BCUT2D eigenvalue weighted by Gasteiger charge is 2.21. The summed E-state index contributed by atoms with van der Waals surface area (Å²) in [5.41, 5.74) is 1.21. The van der Waals surface area contributed by atoms with E-state index in [1.165, 1.54) is 18.4 Å². The molecule has 2 heterocycles. The third-order valence-electron chi connectivity index (χ3n) is 5.45. The van der Waals surface area contributed by atoms with Crippen LogP contribution < -0.4 is 16.0 Å². The number of nitrogens with zero attached hydrogens (tertiary/aromatic N) is 2. The Morgan fingerprint density at radius 3 is 2.68 bits per heavy atom. The number of carbonyl (C=O) groups excluding carboxylic acids is 1. The summed E-state index contributed by atoms with van der Waals surface area (Å²) in [4.78, 5) is 18.1. The smallest absolute Gasteiger partial charge is 0.220 e. The lowest BCUT2D eigenvalue weighted by Gasteiger charge is -2.33. The molecule has 8 heteroatoms. The predicted molar refractivity (Wildman–Crippen MR) is 125 cm³/mol. The summed E-state index contributed by atoms with van der Waals surface area (Å²) in [6, 6.07) is 8.36. The second-order valence-corrected chi connectivity index (χ2v) is 7.86. The maximum absolute atomic E-state index is 11.3. The minimum Gasteiger partial charge on any atom is -0.356 e. The van der Waals surface area contributed by atoms with Gasteiger partial charge in [-0.25, -0.2) is 0 Å². The van der Waals surface area contributed by atoms with Crippen LogP contribution in [0.1, 0.15) is 31.2 Å². The van der Waals surface area contributed by atoms with Crippen LogP contribution in [0.4, 0.5) is 0 Å². The molecule has 28 heavy (non-hydrogen) atoms. The number of aliphatic imine (C=N–C) groups is 1. The largest absolute Gasteiger partial charge is 0.356 e. The second-order valence-electron chi connectivity index (χ2n) is 7.45. The van der Waals surface area contributed by atoms with Crippen LogP contribution in [0.15, 0.2) is 29.3 Å². The van der Waals surface area contributed by atoms with E-state index in [2.05, 4.69) is 31.9 Å². The Kier molecular flexibility index (Phi) is 9.81. The first-order chi connectivity index (χ1) is 13.1. The molecule has 0 aliphatic carbocycles. The molecule has 2 aliphatic rings. The van der Waals surface area contributed by atoms with E-state index in [1.807, 2.05) is 18.2 Å². The number of hydrogen-bond acceptors (Lipinski definition) is 3. The molecule has 2 saturated heterocycles. The van der Waals surface area contributed by atoms with Crippen molar-refractivity contribution in [3.63, 3.8) is 0 Å². The Balaban J connectivity index is 0.00000280. The van der Waals surface area contributed by atoms with Gasteiger partial charge in [-0.05, 0) is 49.9 Å². The molecule has 2 aliphatic heterocycles. The van der Waals surface area contributed by atoms with Crippen LogP contribution in [0, 0.1) is 5.92 Å². The number of nitrogens with one attached hydrogen (secondary N) is 3. The van der Waals surface area contributed by atoms with Gasteiger partial charge in [0.1, 0.15) is 0 Å². The van der Waals surface area contributed by atoms with Crippen molar-refractivity contribution in [2.24, 2.45) is 10.9 Å². The molecule has 0 radical (unpaired) electrons. The number of piperidine rings is 2. The molecular weight excluding hydrogens is 489 g/mol. The van der Waals surface area contributed by atoms with E-state index in [0.29, 0.717) is 18.9 Å². The standard InChI is InChI=1S/C20H30ClN5O.HI/c1-22-20(25-17-6-7-19(27)23-13-17)24-12-15-8-10-26(11-9-15)14-16-4-2-3-5-18(16)21;/h2-5,15,17H,6-14H2,1H3,(H,23,27)(H2,22,24,25);1H. The molecule has 1 amide bonds. The summed E-state index contributed by atoms with van der Waals surface area (Å²) in [5, 5.41) is 10.6. The first-order valence-corrected chi connectivity index (χ1v) is 10.2. The van der Waals surface area contributed by atoms with Crippen molar-refractivity contribution in [3.05, 3.63) is 34.9 Å². The zero-order valence-electron chi connectivity index (χ0n) is 16.4. The lowest BCUT2D eigenvalue weighted by atomic mass is 9.96. The van der Waals surface area contributed by atoms with Crippen molar-refractivity contribution in [3.8, 4) is 0 Å². The fourth-order valence-corrected chi connectivity index (χ4v) is 3.90. The maximum atomic E-state index is 11.3. The lowest BCUT2D eigenvalue weighted by Crippen LogP contribution is -2.52. The Labute approximate surface area is 189 Å². The first kappa shape index (κ1) is 23.2. The SMILES string of the molecule is CN=C(NCC1CCN(Cc2ccccc2Cl)CC1)NC1CCC(=O)NC1.I. The molecule has 1 unspecified atom stereocenters. The van der Waals surface area contributed by atoms with E-state index < -0.39 is 0 Å². The van der Waals surface area contributed by atoms with Gasteiger partial charge in [0, 0.05) is 44.2 Å². The van der Waals surface area contributed by atoms with Gasteiger partial charge in [0.15, 0.2) is 5.96 Å². The second kappa shape index (κ2) is 11.8.